The maximum Gasteiger partial charge on any atom is 0.315 e. The van der Waals surface area contributed by atoms with Crippen LogP contribution in [0.25, 0.3) is 10.2 Å². The first-order chi connectivity index (χ1) is 15.5. The van der Waals surface area contributed by atoms with Gasteiger partial charge in [0.15, 0.2) is 0 Å². The highest BCUT2D eigenvalue weighted by molar-refractivity contribution is 7.20. The number of rotatable bonds is 7. The van der Waals surface area contributed by atoms with Crippen LogP contribution < -0.4 is 20.5 Å². The molecule has 0 saturated carbocycles. The second-order valence-corrected chi connectivity index (χ2v) is 9.70. The van der Waals surface area contributed by atoms with Crippen molar-refractivity contribution < 1.29 is 14.3 Å². The van der Waals surface area contributed by atoms with Crippen molar-refractivity contribution in [2.75, 3.05) is 13.2 Å². The molecule has 3 N–H and O–H groups in total. The molecule has 32 heavy (non-hydrogen) atoms. The van der Waals surface area contributed by atoms with Crippen LogP contribution in [0.1, 0.15) is 25.7 Å². The molecule has 2 fully saturated rings. The molecule has 2 saturated heterocycles. The Hall–Kier alpha value is -2.55. The number of benzene rings is 2. The van der Waals surface area contributed by atoms with Crippen molar-refractivity contribution >= 4 is 39.2 Å². The molecule has 7 nitrogen and oxygen atoms in total. The van der Waals surface area contributed by atoms with E-state index in [1.165, 1.54) is 11.3 Å². The van der Waals surface area contributed by atoms with Crippen LogP contribution >= 0.6 is 22.9 Å². The van der Waals surface area contributed by atoms with Gasteiger partial charge < -0.3 is 25.4 Å². The van der Waals surface area contributed by atoms with Crippen molar-refractivity contribution in [2.24, 2.45) is 5.73 Å². The van der Waals surface area contributed by atoms with E-state index < -0.39 is 0 Å². The summed E-state index contributed by atoms with van der Waals surface area (Å²) in [7, 11) is 0. The molecular weight excluding hydrogens is 448 g/mol. The lowest BCUT2D eigenvalue weighted by atomic mass is 9.98. The quantitative estimate of drug-likeness (QED) is 0.483. The third-order valence-corrected chi connectivity index (χ3v) is 7.30. The number of halogens is 1. The van der Waals surface area contributed by atoms with Crippen LogP contribution in [0.3, 0.4) is 0 Å². The number of urea groups is 1. The number of hydrogen-bond donors (Lipinski definition) is 2. The minimum Gasteiger partial charge on any atom is -0.492 e. The number of primary amides is 1. The number of piperidine rings is 1. The van der Waals surface area contributed by atoms with E-state index >= 15 is 0 Å². The Kier molecular flexibility index (Phi) is 6.08. The van der Waals surface area contributed by atoms with Crippen LogP contribution in [-0.4, -0.2) is 47.2 Å². The van der Waals surface area contributed by atoms with E-state index in [-0.39, 0.29) is 18.1 Å². The smallest absolute Gasteiger partial charge is 0.315 e. The molecular formula is C23H25ClN4O3S. The standard InChI is InChI=1S/C23H25ClN4O3S/c24-14-1-8-21-20(11-14)27-23(32-21)31-19-6-4-18(5-7-19)30-10-9-26-15-12-16-2-3-17(13-15)28(16)22(25)29/h1,4-8,11,15-17,26H,2-3,9-10,12-13H2,(H2,25,29)/t15?,16-,17?/m0/s1. The molecule has 3 heterocycles. The van der Waals surface area contributed by atoms with Gasteiger partial charge in [0.2, 0.25) is 0 Å². The summed E-state index contributed by atoms with van der Waals surface area (Å²) in [4.78, 5) is 18.0. The van der Waals surface area contributed by atoms with Gasteiger partial charge in [-0.05, 0) is 68.1 Å². The molecule has 0 spiro atoms. The van der Waals surface area contributed by atoms with E-state index in [0.29, 0.717) is 28.6 Å². The predicted molar refractivity (Wildman–Crippen MR) is 126 cm³/mol. The number of nitrogens with one attached hydrogen (secondary N) is 1. The van der Waals surface area contributed by atoms with Crippen LogP contribution in [0, 0.1) is 0 Å². The molecule has 2 aromatic carbocycles. The molecule has 2 amide bonds. The van der Waals surface area contributed by atoms with Gasteiger partial charge >= 0.3 is 6.03 Å². The van der Waals surface area contributed by atoms with Crippen molar-refractivity contribution in [2.45, 2.75) is 43.8 Å². The molecule has 0 radical (unpaired) electrons. The van der Waals surface area contributed by atoms with E-state index in [4.69, 9.17) is 26.8 Å². The Morgan fingerprint density at radius 1 is 1.16 bits per heavy atom. The van der Waals surface area contributed by atoms with Crippen molar-refractivity contribution in [3.63, 3.8) is 0 Å². The number of hydrogen-bond acceptors (Lipinski definition) is 6. The zero-order chi connectivity index (χ0) is 22.1. The number of carbonyl (C=O) groups is 1. The molecule has 2 aliphatic heterocycles. The lowest BCUT2D eigenvalue weighted by Crippen LogP contribution is -2.53. The normalized spacial score (nSPS) is 22.3. The first-order valence-corrected chi connectivity index (χ1v) is 12.0. The average Bonchev–Trinajstić information content (AvgIpc) is 3.29. The summed E-state index contributed by atoms with van der Waals surface area (Å²) in [5.41, 5.74) is 6.36. The third-order valence-electron chi connectivity index (χ3n) is 6.15. The topological polar surface area (TPSA) is 89.7 Å². The van der Waals surface area contributed by atoms with Crippen molar-refractivity contribution in [1.82, 2.24) is 15.2 Å². The molecule has 0 aliphatic carbocycles. The minimum absolute atomic E-state index is 0.278. The van der Waals surface area contributed by atoms with Crippen LogP contribution in [0.2, 0.25) is 5.02 Å². The Bertz CT molecular complexity index is 1090. The lowest BCUT2D eigenvalue weighted by Gasteiger charge is -2.38. The largest absolute Gasteiger partial charge is 0.492 e. The molecule has 168 valence electrons. The van der Waals surface area contributed by atoms with E-state index in [2.05, 4.69) is 10.3 Å². The lowest BCUT2D eigenvalue weighted by molar-refractivity contribution is 0.136. The second kappa shape index (κ2) is 9.13. The summed E-state index contributed by atoms with van der Waals surface area (Å²) in [5.74, 6) is 1.50. The van der Waals surface area contributed by atoms with Gasteiger partial charge in [-0.1, -0.05) is 22.9 Å². The third kappa shape index (κ3) is 4.62. The molecule has 3 atom stereocenters. The maximum absolute atomic E-state index is 11.6. The summed E-state index contributed by atoms with van der Waals surface area (Å²) < 4.78 is 12.8. The number of carbonyl (C=O) groups excluding carboxylic acids is 1. The van der Waals surface area contributed by atoms with E-state index in [1.807, 2.05) is 47.4 Å². The molecule has 2 aliphatic rings. The highest BCUT2D eigenvalue weighted by atomic mass is 35.5. The van der Waals surface area contributed by atoms with Gasteiger partial charge in [0.1, 0.15) is 18.1 Å². The van der Waals surface area contributed by atoms with Crippen LogP contribution in [0.4, 0.5) is 4.79 Å². The molecule has 1 aromatic heterocycles. The molecule has 2 bridgehead atoms. The summed E-state index contributed by atoms with van der Waals surface area (Å²) in [6.07, 6.45) is 4.04. The highest BCUT2D eigenvalue weighted by Crippen LogP contribution is 2.35. The fourth-order valence-corrected chi connectivity index (χ4v) is 5.74. The van der Waals surface area contributed by atoms with Gasteiger partial charge in [-0.25, -0.2) is 9.78 Å². The Morgan fingerprint density at radius 3 is 2.59 bits per heavy atom. The van der Waals surface area contributed by atoms with Crippen molar-refractivity contribution in [3.8, 4) is 16.7 Å². The zero-order valence-corrected chi connectivity index (χ0v) is 19.1. The van der Waals surface area contributed by atoms with E-state index in [1.54, 1.807) is 0 Å². The number of amides is 2. The number of nitrogens with zero attached hydrogens (tertiary/aromatic N) is 2. The monoisotopic (exact) mass is 472 g/mol. The van der Waals surface area contributed by atoms with Gasteiger partial charge in [-0.2, -0.15) is 0 Å². The maximum atomic E-state index is 11.6. The zero-order valence-electron chi connectivity index (χ0n) is 17.5. The summed E-state index contributed by atoms with van der Waals surface area (Å²) in [6, 6.07) is 13.9. The van der Waals surface area contributed by atoms with E-state index in [9.17, 15) is 4.79 Å². The highest BCUT2D eigenvalue weighted by Gasteiger charge is 2.42. The van der Waals surface area contributed by atoms with E-state index in [0.717, 1.165) is 48.2 Å². The number of nitrogens with two attached hydrogens (primary N) is 1. The van der Waals surface area contributed by atoms with Gasteiger partial charge in [0.05, 0.1) is 10.2 Å². The average molecular weight is 473 g/mol. The van der Waals surface area contributed by atoms with Crippen molar-refractivity contribution in [1.29, 1.82) is 0 Å². The molecule has 3 aromatic rings. The van der Waals surface area contributed by atoms with Gasteiger partial charge in [0.25, 0.3) is 5.19 Å². The van der Waals surface area contributed by atoms with Crippen LogP contribution in [0.15, 0.2) is 42.5 Å². The Morgan fingerprint density at radius 2 is 1.88 bits per heavy atom. The van der Waals surface area contributed by atoms with Crippen molar-refractivity contribution in [3.05, 3.63) is 47.5 Å². The van der Waals surface area contributed by atoms with Crippen LogP contribution in [-0.2, 0) is 0 Å². The molecule has 2 unspecified atom stereocenters. The summed E-state index contributed by atoms with van der Waals surface area (Å²) >= 11 is 7.50. The first kappa shape index (κ1) is 21.3. The fourth-order valence-electron chi connectivity index (χ4n) is 4.76. The van der Waals surface area contributed by atoms with Crippen LogP contribution in [0.5, 0.6) is 16.7 Å². The minimum atomic E-state index is -0.278. The molecule has 5 rings (SSSR count). The number of ether oxygens (including phenoxy) is 2. The Balaban J connectivity index is 1.07. The number of aromatic nitrogens is 1. The second-order valence-electron chi connectivity index (χ2n) is 8.27. The molecule has 9 heteroatoms. The summed E-state index contributed by atoms with van der Waals surface area (Å²) in [6.45, 7) is 1.33. The van der Waals surface area contributed by atoms with Gasteiger partial charge in [-0.15, -0.1) is 0 Å². The summed E-state index contributed by atoms with van der Waals surface area (Å²) in [5, 5.41) is 4.81. The SMILES string of the molecule is NC(=O)N1C2CC[C@H]1CC(NCCOc1ccc(Oc3nc4cc(Cl)ccc4s3)cc1)C2. The first-order valence-electron chi connectivity index (χ1n) is 10.8. The van der Waals surface area contributed by atoms with Gasteiger partial charge in [0, 0.05) is 29.7 Å². The fraction of sp³-hybridized carbons (Fsp3) is 0.391. The number of fused-ring (bicyclic) bond motifs is 3. The van der Waals surface area contributed by atoms with Gasteiger partial charge in [-0.3, -0.25) is 0 Å². The predicted octanol–water partition coefficient (Wildman–Crippen LogP) is 4.78. The Labute approximate surface area is 195 Å². The number of thiazole rings is 1.